The van der Waals surface area contributed by atoms with Gasteiger partial charge in [-0.3, -0.25) is 4.79 Å². The Morgan fingerprint density at radius 1 is 0.714 bits per heavy atom. The second-order valence-electron chi connectivity index (χ2n) is 11.7. The number of carbonyl (C=O) groups is 1. The van der Waals surface area contributed by atoms with Gasteiger partial charge in [0.1, 0.15) is 12.1 Å². The fourth-order valence-electron chi connectivity index (χ4n) is 5.83. The van der Waals surface area contributed by atoms with E-state index in [1.807, 2.05) is 12.1 Å². The second kappa shape index (κ2) is 21.9. The van der Waals surface area contributed by atoms with Crippen molar-refractivity contribution in [3.05, 3.63) is 49.9 Å². The van der Waals surface area contributed by atoms with E-state index in [1.165, 1.54) is 102 Å². The Morgan fingerprint density at radius 2 is 1.29 bits per heavy atom. The van der Waals surface area contributed by atoms with Crippen molar-refractivity contribution in [1.29, 1.82) is 0 Å². The van der Waals surface area contributed by atoms with Crippen molar-refractivity contribution >= 4 is 28.0 Å². The molecule has 0 radical (unpaired) electrons. The van der Waals surface area contributed by atoms with Crippen LogP contribution in [0, 0.1) is 7.43 Å². The van der Waals surface area contributed by atoms with E-state index in [9.17, 15) is 4.79 Å². The number of ether oxygens (including phenoxy) is 1. The van der Waals surface area contributed by atoms with Gasteiger partial charge >= 0.3 is 0 Å². The maximum Gasteiger partial charge on any atom is 0.235 e. The molecule has 3 rings (SSSR count). The van der Waals surface area contributed by atoms with Crippen molar-refractivity contribution in [2.45, 2.75) is 135 Å². The number of hydrogen-bond donors (Lipinski definition) is 1. The van der Waals surface area contributed by atoms with Gasteiger partial charge in [0.2, 0.25) is 16.9 Å². The molecule has 0 saturated carbocycles. The van der Waals surface area contributed by atoms with Crippen LogP contribution < -0.4 is 14.6 Å². The Bertz CT molecular complexity index is 1150. The molecule has 1 heterocycles. The number of aromatic nitrogens is 2. The lowest BCUT2D eigenvalue weighted by Gasteiger charge is -2.08. The Morgan fingerprint density at radius 3 is 1.95 bits per heavy atom. The molecule has 0 fully saturated rings. The lowest BCUT2D eigenvalue weighted by molar-refractivity contribution is -0.646. The third-order valence-electron chi connectivity index (χ3n) is 8.28. The molecule has 0 atom stereocenters. The molecule has 1 N–H and O–H groups in total. The van der Waals surface area contributed by atoms with Crippen molar-refractivity contribution in [3.63, 3.8) is 0 Å². The maximum absolute atomic E-state index is 12.1. The smallest absolute Gasteiger partial charge is 0.235 e. The molecule has 1 amide bonds. The summed E-state index contributed by atoms with van der Waals surface area (Å²) in [5.74, 6) is 1.07. The maximum atomic E-state index is 12.1. The number of para-hydroxylation sites is 3. The minimum absolute atomic E-state index is 0. The highest BCUT2D eigenvalue weighted by atomic mass is 16.5. The summed E-state index contributed by atoms with van der Waals surface area (Å²) in [7, 11) is 1.71. The highest BCUT2D eigenvalue weighted by molar-refractivity contribution is 5.85. The van der Waals surface area contributed by atoms with Crippen LogP contribution in [0.2, 0.25) is 0 Å². The van der Waals surface area contributed by atoms with Gasteiger partial charge in [0.15, 0.2) is 11.3 Å². The number of hydrogen-bond acceptors (Lipinski definition) is 3. The van der Waals surface area contributed by atoms with Gasteiger partial charge in [0, 0.05) is 31.5 Å². The molecular weight excluding hydrogens is 518 g/mol. The Labute approximate surface area is 256 Å². The lowest BCUT2D eigenvalue weighted by atomic mass is 10.1. The molecule has 2 aromatic carbocycles. The zero-order valence-corrected chi connectivity index (χ0v) is 27.1. The van der Waals surface area contributed by atoms with Gasteiger partial charge in [-0.2, -0.15) is 4.57 Å². The summed E-state index contributed by atoms with van der Waals surface area (Å²) < 4.78 is 8.00. The van der Waals surface area contributed by atoms with Crippen molar-refractivity contribution in [2.24, 2.45) is 0 Å². The van der Waals surface area contributed by atoms with Gasteiger partial charge in [-0.15, -0.1) is 0 Å². The van der Waals surface area contributed by atoms with Crippen molar-refractivity contribution in [3.8, 4) is 5.75 Å². The van der Waals surface area contributed by atoms with Crippen LogP contribution in [0.1, 0.15) is 129 Å². The first kappa shape index (κ1) is 35.5. The zero-order chi connectivity index (χ0) is 29.0. The topological polar surface area (TPSA) is 55.1 Å². The van der Waals surface area contributed by atoms with Crippen LogP contribution in [0.5, 0.6) is 5.75 Å². The number of rotatable bonds is 23. The summed E-state index contributed by atoms with van der Waals surface area (Å²) in [6, 6.07) is 14.6. The van der Waals surface area contributed by atoms with E-state index < -0.39 is 0 Å². The molecule has 3 aromatic rings. The van der Waals surface area contributed by atoms with E-state index >= 15 is 0 Å². The van der Waals surface area contributed by atoms with E-state index in [2.05, 4.69) is 47.1 Å². The number of methoxy groups -OCH3 is 1. The Balaban J connectivity index is 0.00000616. The van der Waals surface area contributed by atoms with Crippen LogP contribution in [0.25, 0.3) is 22.1 Å². The normalized spacial score (nSPS) is 11.1. The summed E-state index contributed by atoms with van der Waals surface area (Å²) in [5, 5.41) is 3.12. The van der Waals surface area contributed by atoms with Gasteiger partial charge in [0.05, 0.1) is 7.11 Å². The summed E-state index contributed by atoms with van der Waals surface area (Å²) >= 11 is 0. The molecule has 0 bridgehead atoms. The van der Waals surface area contributed by atoms with E-state index in [0.717, 1.165) is 54.7 Å². The van der Waals surface area contributed by atoms with Crippen LogP contribution in [0.15, 0.2) is 42.5 Å². The molecule has 234 valence electrons. The number of unbranched alkanes of at least 4 members (excludes halogenated alkanes) is 16. The van der Waals surface area contributed by atoms with Gasteiger partial charge in [-0.1, -0.05) is 115 Å². The van der Waals surface area contributed by atoms with Crippen LogP contribution in [0.3, 0.4) is 0 Å². The first-order chi connectivity index (χ1) is 20.2. The minimum Gasteiger partial charge on any atom is -0.494 e. The summed E-state index contributed by atoms with van der Waals surface area (Å²) in [4.78, 5) is 17.0. The third-order valence-corrected chi connectivity index (χ3v) is 8.28. The van der Waals surface area contributed by atoms with Crippen molar-refractivity contribution in [2.75, 3.05) is 13.7 Å². The van der Waals surface area contributed by atoms with Gasteiger partial charge in [0.25, 0.3) is 0 Å². The average Bonchev–Trinajstić information content (AvgIpc) is 3.00. The van der Waals surface area contributed by atoms with Crippen LogP contribution in [0.4, 0.5) is 0 Å². The lowest BCUT2D eigenvalue weighted by Crippen LogP contribution is -2.36. The van der Waals surface area contributed by atoms with E-state index in [4.69, 9.17) is 9.72 Å². The minimum atomic E-state index is 0. The van der Waals surface area contributed by atoms with Gasteiger partial charge in [-0.05, 0) is 31.4 Å². The third kappa shape index (κ3) is 12.7. The predicted molar refractivity (Wildman–Crippen MR) is 179 cm³/mol. The molecule has 5 nitrogen and oxygen atoms in total. The number of aryl methyl sites for hydroxylation is 1. The number of carbonyl (C=O) groups excluding carboxylic acids is 1. The first-order valence-electron chi connectivity index (χ1n) is 16.8. The van der Waals surface area contributed by atoms with Crippen LogP contribution >= 0.6 is 0 Å². The molecule has 42 heavy (non-hydrogen) atoms. The molecule has 5 heteroatoms. The number of nitrogens with one attached hydrogen (secondary N) is 1. The first-order valence-corrected chi connectivity index (χ1v) is 16.8. The highest BCUT2D eigenvalue weighted by Gasteiger charge is 2.18. The molecule has 0 aliphatic rings. The quantitative estimate of drug-likeness (QED) is 0.0528. The highest BCUT2D eigenvalue weighted by Crippen LogP contribution is 2.24. The molecule has 0 spiro atoms. The average molecular weight is 578 g/mol. The van der Waals surface area contributed by atoms with E-state index in [-0.39, 0.29) is 13.3 Å². The largest absolute Gasteiger partial charge is 0.494 e. The van der Waals surface area contributed by atoms with E-state index in [1.54, 1.807) is 7.11 Å². The number of benzene rings is 2. The summed E-state index contributed by atoms with van der Waals surface area (Å²) in [5.41, 5.74) is 4.26. The van der Waals surface area contributed by atoms with Gasteiger partial charge < -0.3 is 17.5 Å². The molecule has 1 aromatic heterocycles. The number of nitrogens with zero attached hydrogens (tertiary/aromatic N) is 2. The van der Waals surface area contributed by atoms with Crippen molar-refractivity contribution in [1.82, 2.24) is 10.3 Å². The van der Waals surface area contributed by atoms with Crippen LogP contribution in [-0.2, 0) is 11.3 Å². The molecule has 0 unspecified atom stereocenters. The molecular formula is C37H59N3O2. The SMILES string of the molecule is CCCCCCCCCCCCNC(=O)CCCCCCCCCC[n+]1c2ccccc2nc2c(OC)cccc21.[CH3-]. The monoisotopic (exact) mass is 577 g/mol. The van der Waals surface area contributed by atoms with E-state index in [0.29, 0.717) is 6.42 Å². The summed E-state index contributed by atoms with van der Waals surface area (Å²) in [6.07, 6.45) is 23.7. The fraction of sp³-hybridized carbons (Fsp3) is 0.622. The second-order valence-corrected chi connectivity index (χ2v) is 11.7. The number of fused-ring (bicyclic) bond motifs is 2. The van der Waals surface area contributed by atoms with Crippen molar-refractivity contribution < 1.29 is 14.1 Å². The van der Waals surface area contributed by atoms with Crippen LogP contribution in [-0.4, -0.2) is 24.5 Å². The number of amides is 1. The molecule has 0 aliphatic heterocycles. The predicted octanol–water partition coefficient (Wildman–Crippen LogP) is 9.68. The van der Waals surface area contributed by atoms with Gasteiger partial charge in [-0.25, -0.2) is 4.98 Å². The zero-order valence-electron chi connectivity index (χ0n) is 27.1. The fourth-order valence-corrected chi connectivity index (χ4v) is 5.83. The Hall–Kier alpha value is -2.69. The summed E-state index contributed by atoms with van der Waals surface area (Å²) in [6.45, 7) is 4.11. The molecule has 0 aliphatic carbocycles. The standard InChI is InChI=1S/C36H55N3O2.CH3/c1-3-4-5-6-7-8-10-13-16-21-29-37-35(40)28-18-15-12-9-11-14-17-22-30-39-32-25-20-19-24-31(32)38-36-33(39)26-23-27-34(36)41-2;/h19-20,23-27H,3-18,21-22,28-30H2,1-2H3;1H3/q;-1/p+1. The Kier molecular flexibility index (Phi) is 18.5. The molecule has 0 saturated heterocycles.